The molecule has 0 saturated carbocycles. The highest BCUT2D eigenvalue weighted by Crippen LogP contribution is 2.25. The molecule has 3 rings (SSSR count). The van der Waals surface area contributed by atoms with Gasteiger partial charge in [0, 0.05) is 12.1 Å². The lowest BCUT2D eigenvalue weighted by Gasteiger charge is -2.18. The molecule has 1 aromatic carbocycles. The van der Waals surface area contributed by atoms with Gasteiger partial charge in [0.05, 0.1) is 17.8 Å². The molecule has 1 amide bonds. The van der Waals surface area contributed by atoms with Crippen molar-refractivity contribution in [3.05, 3.63) is 51.8 Å². The highest BCUT2D eigenvalue weighted by molar-refractivity contribution is 5.76. The van der Waals surface area contributed by atoms with Crippen LogP contribution in [0.3, 0.4) is 0 Å². The van der Waals surface area contributed by atoms with Crippen LogP contribution in [0, 0.1) is 20.8 Å². The molecule has 0 unspecified atom stereocenters. The van der Waals surface area contributed by atoms with E-state index in [1.54, 1.807) is 0 Å². The maximum Gasteiger partial charge on any atom is 0.222 e. The van der Waals surface area contributed by atoms with E-state index in [2.05, 4.69) is 56.3 Å². The first kappa shape index (κ1) is 17.7. The summed E-state index contributed by atoms with van der Waals surface area (Å²) >= 11 is 0. The lowest BCUT2D eigenvalue weighted by atomic mass is 10.0. The van der Waals surface area contributed by atoms with Gasteiger partial charge in [-0.05, 0) is 76.1 Å². The highest BCUT2D eigenvalue weighted by atomic mass is 16.1. The second kappa shape index (κ2) is 7.03. The summed E-state index contributed by atoms with van der Waals surface area (Å²) in [7, 11) is 0. The Balaban J connectivity index is 1.62. The Hall–Kier alpha value is -2.10. The quantitative estimate of drug-likeness (QED) is 0.890. The Morgan fingerprint density at radius 2 is 1.92 bits per heavy atom. The van der Waals surface area contributed by atoms with Gasteiger partial charge in [0.1, 0.15) is 0 Å². The minimum absolute atomic E-state index is 0.0350. The van der Waals surface area contributed by atoms with Crippen molar-refractivity contribution in [1.82, 2.24) is 15.1 Å². The van der Waals surface area contributed by atoms with Crippen LogP contribution in [-0.4, -0.2) is 15.7 Å². The molecule has 25 heavy (non-hydrogen) atoms. The molecule has 0 spiro atoms. The highest BCUT2D eigenvalue weighted by Gasteiger charge is 2.19. The predicted molar refractivity (Wildman–Crippen MR) is 101 cm³/mol. The molecule has 1 aliphatic rings. The number of hydrogen-bond acceptors (Lipinski definition) is 2. The largest absolute Gasteiger partial charge is 0.350 e. The van der Waals surface area contributed by atoms with Crippen LogP contribution in [0.15, 0.2) is 18.2 Å². The summed E-state index contributed by atoms with van der Waals surface area (Å²) in [5.74, 6) is 0.0747. The standard InChI is InChI=1S/C21H29N3O/c1-13(24-17(5)14(2)15(3)23-24)11-21(25)22-16(4)19-10-9-18-7-6-8-20(18)12-19/h9-10,12-13,16H,6-8,11H2,1-5H3,(H,22,25)/t13-,16+/m0/s1. The zero-order chi connectivity index (χ0) is 18.1. The van der Waals surface area contributed by atoms with Gasteiger partial charge >= 0.3 is 0 Å². The van der Waals surface area contributed by atoms with E-state index in [1.807, 2.05) is 11.6 Å². The van der Waals surface area contributed by atoms with E-state index in [9.17, 15) is 4.79 Å². The van der Waals surface area contributed by atoms with Crippen LogP contribution < -0.4 is 5.32 Å². The fourth-order valence-corrected chi connectivity index (χ4v) is 3.77. The zero-order valence-electron chi connectivity index (χ0n) is 16.0. The van der Waals surface area contributed by atoms with Gasteiger partial charge in [-0.3, -0.25) is 9.48 Å². The van der Waals surface area contributed by atoms with Crippen molar-refractivity contribution < 1.29 is 4.79 Å². The van der Waals surface area contributed by atoms with Crippen LogP contribution in [0.5, 0.6) is 0 Å². The summed E-state index contributed by atoms with van der Waals surface area (Å²) in [5, 5.41) is 7.72. The second-order valence-corrected chi connectivity index (χ2v) is 7.46. The van der Waals surface area contributed by atoms with Crippen LogP contribution in [0.1, 0.15) is 72.4 Å². The van der Waals surface area contributed by atoms with E-state index in [-0.39, 0.29) is 18.0 Å². The number of amides is 1. The Morgan fingerprint density at radius 3 is 2.60 bits per heavy atom. The smallest absolute Gasteiger partial charge is 0.222 e. The number of carbonyl (C=O) groups excluding carboxylic acids is 1. The van der Waals surface area contributed by atoms with Gasteiger partial charge in [-0.25, -0.2) is 0 Å². The number of carbonyl (C=O) groups is 1. The van der Waals surface area contributed by atoms with Crippen molar-refractivity contribution >= 4 is 5.91 Å². The number of benzene rings is 1. The van der Waals surface area contributed by atoms with Crippen LogP contribution in [-0.2, 0) is 17.6 Å². The maximum absolute atomic E-state index is 12.5. The molecule has 2 atom stereocenters. The van der Waals surface area contributed by atoms with Crippen molar-refractivity contribution in [2.75, 3.05) is 0 Å². The summed E-state index contributed by atoms with van der Waals surface area (Å²) in [6, 6.07) is 6.73. The molecule has 0 radical (unpaired) electrons. The van der Waals surface area contributed by atoms with Gasteiger partial charge < -0.3 is 5.32 Å². The first-order valence-corrected chi connectivity index (χ1v) is 9.30. The average molecular weight is 339 g/mol. The minimum atomic E-state index is 0.0350. The average Bonchev–Trinajstić information content (AvgIpc) is 3.14. The fourth-order valence-electron chi connectivity index (χ4n) is 3.77. The Morgan fingerprint density at radius 1 is 1.20 bits per heavy atom. The third kappa shape index (κ3) is 3.63. The van der Waals surface area contributed by atoms with E-state index >= 15 is 0 Å². The summed E-state index contributed by atoms with van der Waals surface area (Å²) in [6.07, 6.45) is 4.05. The molecule has 1 N–H and O–H groups in total. The SMILES string of the molecule is Cc1nn([C@@H](C)CC(=O)N[C@H](C)c2ccc3c(c2)CCC3)c(C)c1C. The lowest BCUT2D eigenvalue weighted by molar-refractivity contribution is -0.122. The molecule has 0 bridgehead atoms. The summed E-state index contributed by atoms with van der Waals surface area (Å²) in [6.45, 7) is 10.3. The van der Waals surface area contributed by atoms with Gasteiger partial charge in [0.15, 0.2) is 0 Å². The molecule has 0 fully saturated rings. The number of aryl methyl sites for hydroxylation is 3. The lowest BCUT2D eigenvalue weighted by Crippen LogP contribution is -2.29. The van der Waals surface area contributed by atoms with Gasteiger partial charge in [0.2, 0.25) is 5.91 Å². The molecular formula is C21H29N3O. The summed E-state index contributed by atoms with van der Waals surface area (Å²) in [5.41, 5.74) is 7.50. The molecule has 0 aliphatic heterocycles. The molecule has 1 heterocycles. The van der Waals surface area contributed by atoms with Crippen molar-refractivity contribution in [2.45, 2.75) is 72.4 Å². The van der Waals surface area contributed by atoms with Gasteiger partial charge in [0.25, 0.3) is 0 Å². The van der Waals surface area contributed by atoms with E-state index in [4.69, 9.17) is 0 Å². The van der Waals surface area contributed by atoms with Gasteiger partial charge in [-0.2, -0.15) is 5.10 Å². The van der Waals surface area contributed by atoms with Crippen molar-refractivity contribution in [3.8, 4) is 0 Å². The molecular weight excluding hydrogens is 310 g/mol. The zero-order valence-corrected chi connectivity index (χ0v) is 16.0. The normalized spacial score (nSPS) is 15.7. The number of hydrogen-bond donors (Lipinski definition) is 1. The first-order chi connectivity index (χ1) is 11.9. The number of nitrogens with zero attached hydrogens (tertiary/aromatic N) is 2. The van der Waals surface area contributed by atoms with Crippen molar-refractivity contribution in [3.63, 3.8) is 0 Å². The molecule has 2 aromatic rings. The Bertz CT molecular complexity index is 791. The Labute approximate surface area is 150 Å². The van der Waals surface area contributed by atoms with Crippen LogP contribution in [0.25, 0.3) is 0 Å². The number of rotatable bonds is 5. The maximum atomic E-state index is 12.5. The second-order valence-electron chi connectivity index (χ2n) is 7.46. The first-order valence-electron chi connectivity index (χ1n) is 9.30. The van der Waals surface area contributed by atoms with Crippen molar-refractivity contribution in [1.29, 1.82) is 0 Å². The van der Waals surface area contributed by atoms with Gasteiger partial charge in [-0.1, -0.05) is 18.2 Å². The van der Waals surface area contributed by atoms with Gasteiger partial charge in [-0.15, -0.1) is 0 Å². The molecule has 0 saturated heterocycles. The predicted octanol–water partition coefficient (Wildman–Crippen LogP) is 4.13. The molecule has 4 heteroatoms. The third-order valence-electron chi connectivity index (χ3n) is 5.59. The van der Waals surface area contributed by atoms with Crippen LogP contribution >= 0.6 is 0 Å². The van der Waals surface area contributed by atoms with E-state index in [0.717, 1.165) is 17.8 Å². The summed E-state index contributed by atoms with van der Waals surface area (Å²) < 4.78 is 1.98. The number of fused-ring (bicyclic) bond motifs is 1. The number of aromatic nitrogens is 2. The molecule has 1 aromatic heterocycles. The number of nitrogens with one attached hydrogen (secondary N) is 1. The van der Waals surface area contributed by atoms with Crippen LogP contribution in [0.2, 0.25) is 0 Å². The van der Waals surface area contributed by atoms with Crippen LogP contribution in [0.4, 0.5) is 0 Å². The topological polar surface area (TPSA) is 46.9 Å². The minimum Gasteiger partial charge on any atom is -0.350 e. The summed E-state index contributed by atoms with van der Waals surface area (Å²) in [4.78, 5) is 12.5. The third-order valence-corrected chi connectivity index (χ3v) is 5.59. The van der Waals surface area contributed by atoms with Crippen molar-refractivity contribution in [2.24, 2.45) is 0 Å². The molecule has 4 nitrogen and oxygen atoms in total. The molecule has 134 valence electrons. The monoisotopic (exact) mass is 339 g/mol. The van der Waals surface area contributed by atoms with E-state index < -0.39 is 0 Å². The Kier molecular flexibility index (Phi) is 4.98. The fraction of sp³-hybridized carbons (Fsp3) is 0.524. The van der Waals surface area contributed by atoms with E-state index in [0.29, 0.717) is 6.42 Å². The molecule has 1 aliphatic carbocycles. The van der Waals surface area contributed by atoms with E-state index in [1.165, 1.54) is 35.1 Å².